The molecule has 1 aliphatic carbocycles. The van der Waals surface area contributed by atoms with Gasteiger partial charge in [0.1, 0.15) is 0 Å². The van der Waals surface area contributed by atoms with Crippen LogP contribution in [0.15, 0.2) is 30.3 Å². The third-order valence-corrected chi connectivity index (χ3v) is 4.09. The molecule has 0 aromatic heterocycles. The van der Waals surface area contributed by atoms with Gasteiger partial charge in [-0.05, 0) is 49.2 Å². The maximum atomic E-state index is 3.58. The lowest BCUT2D eigenvalue weighted by molar-refractivity contribution is 0.514. The Kier molecular flexibility index (Phi) is 4.22. The molecule has 2 atom stereocenters. The van der Waals surface area contributed by atoms with Crippen molar-refractivity contribution in [3.8, 4) is 0 Å². The number of hydrogen-bond donors (Lipinski definition) is 1. The molecule has 0 spiro atoms. The van der Waals surface area contributed by atoms with E-state index in [0.717, 1.165) is 12.5 Å². The molecule has 0 radical (unpaired) electrons. The predicted molar refractivity (Wildman–Crippen MR) is 74.3 cm³/mol. The van der Waals surface area contributed by atoms with Crippen molar-refractivity contribution in [2.24, 2.45) is 5.92 Å². The van der Waals surface area contributed by atoms with Crippen LogP contribution in [0.5, 0.6) is 0 Å². The van der Waals surface area contributed by atoms with E-state index in [9.17, 15) is 0 Å². The van der Waals surface area contributed by atoms with Gasteiger partial charge in [0.25, 0.3) is 0 Å². The Balaban J connectivity index is 1.99. The van der Waals surface area contributed by atoms with E-state index in [1.807, 2.05) is 0 Å². The molecular formula is C16H25N. The first kappa shape index (κ1) is 12.6. The molecule has 94 valence electrons. The van der Waals surface area contributed by atoms with Gasteiger partial charge in [-0.1, -0.05) is 50.6 Å². The summed E-state index contributed by atoms with van der Waals surface area (Å²) in [5.74, 6) is 0.858. The lowest BCUT2D eigenvalue weighted by Crippen LogP contribution is -2.22. The summed E-state index contributed by atoms with van der Waals surface area (Å²) in [4.78, 5) is 0. The van der Waals surface area contributed by atoms with Gasteiger partial charge < -0.3 is 5.32 Å². The van der Waals surface area contributed by atoms with Gasteiger partial charge in [-0.15, -0.1) is 0 Å². The molecule has 2 unspecified atom stereocenters. The minimum absolute atomic E-state index is 0.497. The molecule has 1 fully saturated rings. The van der Waals surface area contributed by atoms with Crippen LogP contribution in [0, 0.1) is 5.92 Å². The van der Waals surface area contributed by atoms with Crippen molar-refractivity contribution in [3.05, 3.63) is 35.9 Å². The fraction of sp³-hybridized carbons (Fsp3) is 0.625. The summed E-state index contributed by atoms with van der Waals surface area (Å²) < 4.78 is 0. The van der Waals surface area contributed by atoms with Crippen molar-refractivity contribution >= 4 is 0 Å². The molecule has 1 aromatic rings. The second-order valence-corrected chi connectivity index (χ2v) is 5.38. The first-order valence-electron chi connectivity index (χ1n) is 7.09. The topological polar surface area (TPSA) is 12.0 Å². The van der Waals surface area contributed by atoms with Gasteiger partial charge in [-0.25, -0.2) is 0 Å². The Morgan fingerprint density at radius 1 is 1.18 bits per heavy atom. The van der Waals surface area contributed by atoms with Crippen LogP contribution in [0.1, 0.15) is 45.1 Å². The largest absolute Gasteiger partial charge is 0.316 e. The van der Waals surface area contributed by atoms with Gasteiger partial charge in [0, 0.05) is 0 Å². The molecule has 0 heterocycles. The molecule has 17 heavy (non-hydrogen) atoms. The van der Waals surface area contributed by atoms with E-state index in [1.165, 1.54) is 32.2 Å². The van der Waals surface area contributed by atoms with Crippen LogP contribution in [0.2, 0.25) is 0 Å². The van der Waals surface area contributed by atoms with Crippen LogP contribution in [0.25, 0.3) is 0 Å². The summed E-state index contributed by atoms with van der Waals surface area (Å²) in [6, 6.07) is 11.1. The molecular weight excluding hydrogens is 206 g/mol. The first-order valence-corrected chi connectivity index (χ1v) is 7.09. The molecule has 0 amide bonds. The fourth-order valence-electron chi connectivity index (χ4n) is 3.12. The monoisotopic (exact) mass is 231 g/mol. The lowest BCUT2D eigenvalue weighted by Gasteiger charge is -2.17. The quantitative estimate of drug-likeness (QED) is 0.705. The van der Waals surface area contributed by atoms with Gasteiger partial charge in [0.15, 0.2) is 0 Å². The van der Waals surface area contributed by atoms with Crippen LogP contribution in [0.3, 0.4) is 0 Å². The van der Waals surface area contributed by atoms with Crippen LogP contribution in [-0.2, 0) is 5.41 Å². The van der Waals surface area contributed by atoms with Gasteiger partial charge in [-0.3, -0.25) is 0 Å². The third kappa shape index (κ3) is 2.71. The molecule has 0 saturated heterocycles. The highest BCUT2D eigenvalue weighted by Crippen LogP contribution is 2.56. The van der Waals surface area contributed by atoms with E-state index >= 15 is 0 Å². The summed E-state index contributed by atoms with van der Waals surface area (Å²) in [6.45, 7) is 6.89. The van der Waals surface area contributed by atoms with E-state index in [0.29, 0.717) is 5.41 Å². The van der Waals surface area contributed by atoms with E-state index in [1.54, 1.807) is 5.56 Å². The summed E-state index contributed by atoms with van der Waals surface area (Å²) >= 11 is 0. The van der Waals surface area contributed by atoms with Gasteiger partial charge in [-0.2, -0.15) is 0 Å². The molecule has 0 aliphatic heterocycles. The average Bonchev–Trinajstić information content (AvgIpc) is 3.06. The molecule has 1 saturated carbocycles. The Bertz CT molecular complexity index is 333. The Morgan fingerprint density at radius 3 is 2.59 bits per heavy atom. The number of benzene rings is 1. The maximum absolute atomic E-state index is 3.58. The number of hydrogen-bond acceptors (Lipinski definition) is 1. The number of nitrogens with one attached hydrogen (secondary N) is 1. The zero-order chi connectivity index (χ0) is 12.1. The zero-order valence-corrected chi connectivity index (χ0v) is 11.2. The lowest BCUT2D eigenvalue weighted by atomic mass is 9.88. The van der Waals surface area contributed by atoms with Crippen molar-refractivity contribution in [1.82, 2.24) is 5.32 Å². The SMILES string of the molecule is CCCNCC1CC1(CCC)c1ccccc1. The summed E-state index contributed by atoms with van der Waals surface area (Å²) in [5.41, 5.74) is 2.06. The van der Waals surface area contributed by atoms with Crippen molar-refractivity contribution < 1.29 is 0 Å². The van der Waals surface area contributed by atoms with Crippen molar-refractivity contribution in [1.29, 1.82) is 0 Å². The second kappa shape index (κ2) is 5.68. The highest BCUT2D eigenvalue weighted by atomic mass is 14.9. The van der Waals surface area contributed by atoms with E-state index < -0.39 is 0 Å². The van der Waals surface area contributed by atoms with Gasteiger partial charge >= 0.3 is 0 Å². The Labute approximate surface area is 106 Å². The van der Waals surface area contributed by atoms with Crippen molar-refractivity contribution in [2.45, 2.75) is 44.9 Å². The Morgan fingerprint density at radius 2 is 1.94 bits per heavy atom. The normalized spacial score (nSPS) is 27.1. The van der Waals surface area contributed by atoms with Crippen LogP contribution in [-0.4, -0.2) is 13.1 Å². The predicted octanol–water partition coefficient (Wildman–Crippen LogP) is 3.74. The molecule has 1 nitrogen and oxygen atoms in total. The smallest absolute Gasteiger partial charge is 0.000303 e. The highest BCUT2D eigenvalue weighted by molar-refractivity contribution is 5.33. The van der Waals surface area contributed by atoms with Crippen LogP contribution >= 0.6 is 0 Å². The Hall–Kier alpha value is -0.820. The molecule has 2 rings (SSSR count). The average molecular weight is 231 g/mol. The van der Waals surface area contributed by atoms with E-state index in [-0.39, 0.29) is 0 Å². The van der Waals surface area contributed by atoms with Gasteiger partial charge in [0.05, 0.1) is 0 Å². The standard InChI is InChI=1S/C16H25N/c1-3-10-16(14-8-6-5-7-9-14)12-15(16)13-17-11-4-2/h5-9,15,17H,3-4,10-13H2,1-2H3. The zero-order valence-electron chi connectivity index (χ0n) is 11.2. The summed E-state index contributed by atoms with van der Waals surface area (Å²) in [6.07, 6.45) is 5.25. The van der Waals surface area contributed by atoms with E-state index in [4.69, 9.17) is 0 Å². The second-order valence-electron chi connectivity index (χ2n) is 5.38. The molecule has 1 heteroatoms. The summed E-state index contributed by atoms with van der Waals surface area (Å²) in [7, 11) is 0. The third-order valence-electron chi connectivity index (χ3n) is 4.09. The minimum Gasteiger partial charge on any atom is -0.316 e. The molecule has 0 bridgehead atoms. The minimum atomic E-state index is 0.497. The molecule has 1 N–H and O–H groups in total. The maximum Gasteiger partial charge on any atom is -0.000303 e. The van der Waals surface area contributed by atoms with Gasteiger partial charge in [0.2, 0.25) is 0 Å². The van der Waals surface area contributed by atoms with Crippen LogP contribution in [0.4, 0.5) is 0 Å². The molecule has 1 aliphatic rings. The van der Waals surface area contributed by atoms with Crippen molar-refractivity contribution in [2.75, 3.05) is 13.1 Å². The number of rotatable bonds is 7. The van der Waals surface area contributed by atoms with Crippen LogP contribution < -0.4 is 5.32 Å². The summed E-state index contributed by atoms with van der Waals surface area (Å²) in [5, 5.41) is 3.58. The first-order chi connectivity index (χ1) is 8.33. The molecule has 1 aromatic carbocycles. The van der Waals surface area contributed by atoms with E-state index in [2.05, 4.69) is 49.5 Å². The van der Waals surface area contributed by atoms with Crippen molar-refractivity contribution in [3.63, 3.8) is 0 Å². The highest BCUT2D eigenvalue weighted by Gasteiger charge is 2.53. The fourth-order valence-corrected chi connectivity index (χ4v) is 3.12.